The SMILES string of the molecule is C/C=C/c1ccc(OCCCN2CCNCC2)c(OC)c1. The number of methoxy groups -OCH3 is 1. The van der Waals surface area contributed by atoms with Crippen LogP contribution in [0.3, 0.4) is 0 Å². The van der Waals surface area contributed by atoms with Crippen LogP contribution in [0.5, 0.6) is 11.5 Å². The molecule has 1 aromatic carbocycles. The van der Waals surface area contributed by atoms with E-state index in [2.05, 4.69) is 16.3 Å². The Bertz CT molecular complexity index is 454. The van der Waals surface area contributed by atoms with Crippen molar-refractivity contribution in [1.29, 1.82) is 0 Å². The predicted molar refractivity (Wildman–Crippen MR) is 87.1 cm³/mol. The van der Waals surface area contributed by atoms with E-state index < -0.39 is 0 Å². The van der Waals surface area contributed by atoms with E-state index in [1.54, 1.807) is 7.11 Å². The lowest BCUT2D eigenvalue weighted by molar-refractivity contribution is 0.211. The van der Waals surface area contributed by atoms with Gasteiger partial charge in [0.1, 0.15) is 0 Å². The first-order valence-corrected chi connectivity index (χ1v) is 7.70. The standard InChI is InChI=1S/C17H26N2O2/c1-3-5-15-6-7-16(17(14-15)20-2)21-13-4-10-19-11-8-18-9-12-19/h3,5-7,14,18H,4,8-13H2,1-2H3/b5-3+. The molecule has 0 aliphatic carbocycles. The van der Waals surface area contributed by atoms with Crippen LogP contribution in [0.4, 0.5) is 0 Å². The van der Waals surface area contributed by atoms with Crippen LogP contribution in [0.1, 0.15) is 18.9 Å². The lowest BCUT2D eigenvalue weighted by Gasteiger charge is -2.27. The molecule has 0 spiro atoms. The van der Waals surface area contributed by atoms with Gasteiger partial charge in [0.2, 0.25) is 0 Å². The van der Waals surface area contributed by atoms with Gasteiger partial charge in [0.05, 0.1) is 13.7 Å². The van der Waals surface area contributed by atoms with Crippen LogP contribution in [0, 0.1) is 0 Å². The third-order valence-electron chi connectivity index (χ3n) is 3.63. The minimum Gasteiger partial charge on any atom is -0.493 e. The van der Waals surface area contributed by atoms with Gasteiger partial charge in [-0.05, 0) is 31.0 Å². The zero-order valence-electron chi connectivity index (χ0n) is 13.1. The summed E-state index contributed by atoms with van der Waals surface area (Å²) in [6, 6.07) is 6.04. The van der Waals surface area contributed by atoms with Gasteiger partial charge in [0.15, 0.2) is 11.5 Å². The Balaban J connectivity index is 1.79. The Hall–Kier alpha value is -1.52. The number of nitrogens with zero attached hydrogens (tertiary/aromatic N) is 1. The van der Waals surface area contributed by atoms with E-state index in [1.807, 2.05) is 31.2 Å². The monoisotopic (exact) mass is 290 g/mol. The Morgan fingerprint density at radius 3 is 2.76 bits per heavy atom. The van der Waals surface area contributed by atoms with Crippen molar-refractivity contribution in [2.75, 3.05) is 46.4 Å². The summed E-state index contributed by atoms with van der Waals surface area (Å²) in [7, 11) is 1.68. The van der Waals surface area contributed by atoms with E-state index in [0.717, 1.165) is 62.8 Å². The fraction of sp³-hybridized carbons (Fsp3) is 0.529. The summed E-state index contributed by atoms with van der Waals surface area (Å²) in [4.78, 5) is 2.48. The minimum absolute atomic E-state index is 0.725. The molecule has 116 valence electrons. The first kappa shape index (κ1) is 15.9. The molecule has 4 nitrogen and oxygen atoms in total. The summed E-state index contributed by atoms with van der Waals surface area (Å²) < 4.78 is 11.3. The maximum absolute atomic E-state index is 5.86. The number of hydrogen-bond donors (Lipinski definition) is 1. The summed E-state index contributed by atoms with van der Waals surface area (Å²) in [5, 5.41) is 3.37. The van der Waals surface area contributed by atoms with Crippen molar-refractivity contribution in [1.82, 2.24) is 10.2 Å². The van der Waals surface area contributed by atoms with Gasteiger partial charge in [-0.1, -0.05) is 18.2 Å². The van der Waals surface area contributed by atoms with Crippen molar-refractivity contribution >= 4 is 6.08 Å². The van der Waals surface area contributed by atoms with Crippen LogP contribution in [0.25, 0.3) is 6.08 Å². The Kier molecular flexibility index (Phi) is 6.57. The second kappa shape index (κ2) is 8.70. The van der Waals surface area contributed by atoms with Crippen molar-refractivity contribution in [3.8, 4) is 11.5 Å². The summed E-state index contributed by atoms with van der Waals surface area (Å²) in [5.41, 5.74) is 1.13. The van der Waals surface area contributed by atoms with Gasteiger partial charge in [0.25, 0.3) is 0 Å². The fourth-order valence-corrected chi connectivity index (χ4v) is 2.50. The number of rotatable bonds is 7. The third-order valence-corrected chi connectivity index (χ3v) is 3.63. The minimum atomic E-state index is 0.725. The van der Waals surface area contributed by atoms with Crippen LogP contribution in [-0.2, 0) is 0 Å². The van der Waals surface area contributed by atoms with Gasteiger partial charge in [-0.2, -0.15) is 0 Å². The Labute approximate surface area is 127 Å². The van der Waals surface area contributed by atoms with Crippen molar-refractivity contribution in [2.45, 2.75) is 13.3 Å². The first-order valence-electron chi connectivity index (χ1n) is 7.70. The highest BCUT2D eigenvalue weighted by Crippen LogP contribution is 2.28. The molecule has 2 rings (SSSR count). The van der Waals surface area contributed by atoms with Crippen LogP contribution < -0.4 is 14.8 Å². The molecule has 1 heterocycles. The topological polar surface area (TPSA) is 33.7 Å². The molecule has 0 aromatic heterocycles. The summed E-state index contributed by atoms with van der Waals surface area (Å²) in [5.74, 6) is 1.62. The lowest BCUT2D eigenvalue weighted by atomic mass is 10.2. The lowest BCUT2D eigenvalue weighted by Crippen LogP contribution is -2.43. The highest BCUT2D eigenvalue weighted by molar-refractivity contribution is 5.55. The second-order valence-corrected chi connectivity index (χ2v) is 5.20. The van der Waals surface area contributed by atoms with E-state index in [9.17, 15) is 0 Å². The largest absolute Gasteiger partial charge is 0.493 e. The highest BCUT2D eigenvalue weighted by Gasteiger charge is 2.09. The molecule has 1 aliphatic heterocycles. The smallest absolute Gasteiger partial charge is 0.161 e. The van der Waals surface area contributed by atoms with Crippen LogP contribution in [0.2, 0.25) is 0 Å². The van der Waals surface area contributed by atoms with Gasteiger partial charge in [-0.25, -0.2) is 0 Å². The number of allylic oxidation sites excluding steroid dienone is 1. The quantitative estimate of drug-likeness (QED) is 0.782. The molecular formula is C17H26N2O2. The molecule has 1 saturated heterocycles. The predicted octanol–water partition coefficient (Wildman–Crippen LogP) is 2.40. The van der Waals surface area contributed by atoms with Crippen LogP contribution in [0.15, 0.2) is 24.3 Å². The normalized spacial score (nSPS) is 16.3. The zero-order chi connectivity index (χ0) is 14.9. The number of piperazine rings is 1. The zero-order valence-corrected chi connectivity index (χ0v) is 13.1. The van der Waals surface area contributed by atoms with Gasteiger partial charge < -0.3 is 19.7 Å². The van der Waals surface area contributed by atoms with Crippen LogP contribution in [-0.4, -0.2) is 51.3 Å². The fourth-order valence-electron chi connectivity index (χ4n) is 2.50. The van der Waals surface area contributed by atoms with Crippen molar-refractivity contribution < 1.29 is 9.47 Å². The van der Waals surface area contributed by atoms with E-state index in [4.69, 9.17) is 9.47 Å². The maximum Gasteiger partial charge on any atom is 0.161 e. The van der Waals surface area contributed by atoms with Crippen molar-refractivity contribution in [3.63, 3.8) is 0 Å². The van der Waals surface area contributed by atoms with Gasteiger partial charge in [0, 0.05) is 32.7 Å². The molecule has 0 amide bonds. The third kappa shape index (κ3) is 5.06. The van der Waals surface area contributed by atoms with Crippen molar-refractivity contribution in [2.24, 2.45) is 0 Å². The molecule has 1 N–H and O–H groups in total. The molecule has 0 atom stereocenters. The molecule has 0 saturated carbocycles. The van der Waals surface area contributed by atoms with Crippen LogP contribution >= 0.6 is 0 Å². The molecule has 0 unspecified atom stereocenters. The summed E-state index contributed by atoms with van der Waals surface area (Å²) >= 11 is 0. The Morgan fingerprint density at radius 1 is 1.24 bits per heavy atom. The van der Waals surface area contributed by atoms with E-state index >= 15 is 0 Å². The molecule has 0 radical (unpaired) electrons. The average Bonchev–Trinajstić information content (AvgIpc) is 2.53. The summed E-state index contributed by atoms with van der Waals surface area (Å²) in [6.07, 6.45) is 5.11. The van der Waals surface area contributed by atoms with Gasteiger partial charge >= 0.3 is 0 Å². The van der Waals surface area contributed by atoms with Gasteiger partial charge in [-0.3, -0.25) is 0 Å². The molecule has 1 aliphatic rings. The molecular weight excluding hydrogens is 264 g/mol. The number of benzene rings is 1. The molecule has 0 bridgehead atoms. The highest BCUT2D eigenvalue weighted by atomic mass is 16.5. The van der Waals surface area contributed by atoms with Crippen molar-refractivity contribution in [3.05, 3.63) is 29.8 Å². The maximum atomic E-state index is 5.86. The molecule has 4 heteroatoms. The van der Waals surface area contributed by atoms with Gasteiger partial charge in [-0.15, -0.1) is 0 Å². The average molecular weight is 290 g/mol. The molecule has 21 heavy (non-hydrogen) atoms. The number of nitrogens with one attached hydrogen (secondary N) is 1. The molecule has 1 fully saturated rings. The van der Waals surface area contributed by atoms with E-state index in [1.165, 1.54) is 0 Å². The molecule has 1 aromatic rings. The first-order chi connectivity index (χ1) is 10.3. The van der Waals surface area contributed by atoms with E-state index in [0.29, 0.717) is 0 Å². The summed E-state index contributed by atoms with van der Waals surface area (Å²) in [6.45, 7) is 8.31. The second-order valence-electron chi connectivity index (χ2n) is 5.20. The number of hydrogen-bond acceptors (Lipinski definition) is 4. The Morgan fingerprint density at radius 2 is 2.05 bits per heavy atom. The van der Waals surface area contributed by atoms with E-state index in [-0.39, 0.29) is 0 Å². The number of ether oxygens (including phenoxy) is 2.